The molecular formula is C10H10ClNO5S. The van der Waals surface area contributed by atoms with E-state index in [0.717, 1.165) is 16.6 Å². The molecule has 0 bridgehead atoms. The van der Waals surface area contributed by atoms with Crippen molar-refractivity contribution in [3.63, 3.8) is 0 Å². The first-order valence-electron chi connectivity index (χ1n) is 5.11. The quantitative estimate of drug-likeness (QED) is 0.909. The standard InChI is InChI=1S/C10H10ClNO5S/c11-9-6-7(2-3-8(9)10(13)14)18(15,16)12-4-1-5-17-12/h2-3,6H,1,4-5H2,(H,13,14). The highest BCUT2D eigenvalue weighted by Crippen LogP contribution is 2.25. The molecular weight excluding hydrogens is 282 g/mol. The van der Waals surface area contributed by atoms with Gasteiger partial charge in [-0.25, -0.2) is 13.2 Å². The second kappa shape index (κ2) is 4.85. The summed E-state index contributed by atoms with van der Waals surface area (Å²) in [5, 5.41) is 8.68. The van der Waals surface area contributed by atoms with Crippen LogP contribution in [0.2, 0.25) is 5.02 Å². The zero-order chi connectivity index (χ0) is 13.3. The van der Waals surface area contributed by atoms with Crippen molar-refractivity contribution >= 4 is 27.6 Å². The van der Waals surface area contributed by atoms with Crippen LogP contribution in [0.5, 0.6) is 0 Å². The van der Waals surface area contributed by atoms with Crippen molar-refractivity contribution < 1.29 is 23.2 Å². The zero-order valence-electron chi connectivity index (χ0n) is 9.17. The molecule has 0 unspecified atom stereocenters. The Labute approximate surface area is 109 Å². The average molecular weight is 292 g/mol. The summed E-state index contributed by atoms with van der Waals surface area (Å²) in [5.74, 6) is -1.21. The number of hydrogen-bond donors (Lipinski definition) is 1. The number of carboxylic acid groups (broad SMARTS) is 1. The Bertz CT molecular complexity index is 580. The molecule has 1 heterocycles. The monoisotopic (exact) mass is 291 g/mol. The molecule has 18 heavy (non-hydrogen) atoms. The molecule has 8 heteroatoms. The molecule has 6 nitrogen and oxygen atoms in total. The van der Waals surface area contributed by atoms with E-state index >= 15 is 0 Å². The second-order valence-corrected chi connectivity index (χ2v) is 5.90. The number of halogens is 1. The van der Waals surface area contributed by atoms with Gasteiger partial charge in [-0.05, 0) is 24.6 Å². The van der Waals surface area contributed by atoms with Crippen LogP contribution in [0.3, 0.4) is 0 Å². The third kappa shape index (κ3) is 2.35. The van der Waals surface area contributed by atoms with Crippen molar-refractivity contribution in [1.29, 1.82) is 0 Å². The van der Waals surface area contributed by atoms with E-state index in [1.54, 1.807) is 0 Å². The van der Waals surface area contributed by atoms with Crippen LogP contribution in [0.1, 0.15) is 16.8 Å². The Morgan fingerprint density at radius 1 is 1.44 bits per heavy atom. The number of carbonyl (C=O) groups is 1. The van der Waals surface area contributed by atoms with Gasteiger partial charge >= 0.3 is 5.97 Å². The summed E-state index contributed by atoms with van der Waals surface area (Å²) in [6.07, 6.45) is 0.625. The molecule has 0 aromatic heterocycles. The largest absolute Gasteiger partial charge is 0.478 e. The number of nitrogens with zero attached hydrogens (tertiary/aromatic N) is 1. The maximum atomic E-state index is 12.1. The zero-order valence-corrected chi connectivity index (χ0v) is 10.7. The highest BCUT2D eigenvalue weighted by atomic mass is 35.5. The number of sulfonamides is 1. The van der Waals surface area contributed by atoms with Crippen LogP contribution in [0, 0.1) is 0 Å². The highest BCUT2D eigenvalue weighted by molar-refractivity contribution is 7.89. The van der Waals surface area contributed by atoms with Gasteiger partial charge in [-0.1, -0.05) is 16.1 Å². The molecule has 0 spiro atoms. The number of rotatable bonds is 3. The lowest BCUT2D eigenvalue weighted by atomic mass is 10.2. The number of aromatic carboxylic acids is 1. The molecule has 1 fully saturated rings. The predicted octanol–water partition coefficient (Wildman–Crippen LogP) is 1.36. The molecule has 0 atom stereocenters. The van der Waals surface area contributed by atoms with Gasteiger partial charge in [0.05, 0.1) is 22.1 Å². The van der Waals surface area contributed by atoms with E-state index in [4.69, 9.17) is 21.5 Å². The minimum absolute atomic E-state index is 0.0839. The number of carboxylic acids is 1. The molecule has 0 aliphatic carbocycles. The third-order valence-corrected chi connectivity index (χ3v) is 4.44. The van der Waals surface area contributed by atoms with Crippen LogP contribution in [0.25, 0.3) is 0 Å². The van der Waals surface area contributed by atoms with Crippen LogP contribution in [-0.4, -0.2) is 37.1 Å². The number of hydroxylamine groups is 1. The second-order valence-electron chi connectivity index (χ2n) is 3.66. The Hall–Kier alpha value is -1.15. The number of hydrogen-bond acceptors (Lipinski definition) is 4. The van der Waals surface area contributed by atoms with Crippen LogP contribution in [0.15, 0.2) is 23.1 Å². The summed E-state index contributed by atoms with van der Waals surface area (Å²) in [6.45, 7) is 0.626. The average Bonchev–Trinajstić information content (AvgIpc) is 2.82. The normalized spacial score (nSPS) is 16.9. The van der Waals surface area contributed by atoms with E-state index in [1.165, 1.54) is 6.07 Å². The van der Waals surface area contributed by atoms with E-state index in [0.29, 0.717) is 13.0 Å². The van der Waals surface area contributed by atoms with Crippen LogP contribution < -0.4 is 0 Å². The fourth-order valence-corrected chi connectivity index (χ4v) is 3.21. The van der Waals surface area contributed by atoms with E-state index in [-0.39, 0.29) is 22.0 Å². The molecule has 1 aromatic carbocycles. The SMILES string of the molecule is O=C(O)c1ccc(S(=O)(=O)N2CCCO2)cc1Cl. The van der Waals surface area contributed by atoms with Crippen LogP contribution in [0.4, 0.5) is 0 Å². The summed E-state index contributed by atoms with van der Waals surface area (Å²) < 4.78 is 25.0. The summed E-state index contributed by atoms with van der Waals surface area (Å²) in [7, 11) is -3.77. The minimum atomic E-state index is -3.77. The smallest absolute Gasteiger partial charge is 0.337 e. The summed E-state index contributed by atoms with van der Waals surface area (Å²) in [5.41, 5.74) is -0.141. The van der Waals surface area contributed by atoms with Crippen LogP contribution >= 0.6 is 11.6 Å². The van der Waals surface area contributed by atoms with Gasteiger partial charge in [0.1, 0.15) is 0 Å². The fraction of sp³-hybridized carbons (Fsp3) is 0.300. The van der Waals surface area contributed by atoms with Gasteiger partial charge in [-0.2, -0.15) is 0 Å². The fourth-order valence-electron chi connectivity index (χ4n) is 1.56. The first-order valence-corrected chi connectivity index (χ1v) is 6.93. The molecule has 0 amide bonds. The number of benzene rings is 1. The van der Waals surface area contributed by atoms with E-state index < -0.39 is 16.0 Å². The predicted molar refractivity (Wildman–Crippen MR) is 62.9 cm³/mol. The summed E-state index contributed by atoms with van der Waals surface area (Å²) in [6, 6.07) is 3.47. The lowest BCUT2D eigenvalue weighted by Gasteiger charge is -2.14. The van der Waals surface area contributed by atoms with E-state index in [9.17, 15) is 13.2 Å². The van der Waals surface area contributed by atoms with Gasteiger partial charge in [0.2, 0.25) is 0 Å². The molecule has 1 saturated heterocycles. The Kier molecular flexibility index (Phi) is 3.58. The Balaban J connectivity index is 2.40. The molecule has 2 rings (SSSR count). The topological polar surface area (TPSA) is 83.9 Å². The van der Waals surface area contributed by atoms with Gasteiger partial charge in [-0.15, -0.1) is 0 Å². The van der Waals surface area contributed by atoms with E-state index in [2.05, 4.69) is 0 Å². The lowest BCUT2D eigenvalue weighted by molar-refractivity contribution is -0.0284. The van der Waals surface area contributed by atoms with Crippen molar-refractivity contribution in [2.75, 3.05) is 13.2 Å². The first-order chi connectivity index (χ1) is 8.43. The van der Waals surface area contributed by atoms with Gasteiger partial charge in [0.15, 0.2) is 0 Å². The Morgan fingerprint density at radius 3 is 2.67 bits per heavy atom. The van der Waals surface area contributed by atoms with Gasteiger partial charge < -0.3 is 5.11 Å². The van der Waals surface area contributed by atoms with Gasteiger partial charge in [0, 0.05) is 6.54 Å². The summed E-state index contributed by atoms with van der Waals surface area (Å²) in [4.78, 5) is 15.7. The van der Waals surface area contributed by atoms with Gasteiger partial charge in [0.25, 0.3) is 10.0 Å². The van der Waals surface area contributed by atoms with Crippen molar-refractivity contribution in [2.45, 2.75) is 11.3 Å². The van der Waals surface area contributed by atoms with Crippen molar-refractivity contribution in [3.05, 3.63) is 28.8 Å². The molecule has 1 aliphatic rings. The molecule has 1 N–H and O–H groups in total. The third-order valence-electron chi connectivity index (χ3n) is 2.46. The molecule has 0 radical (unpaired) electrons. The van der Waals surface area contributed by atoms with Crippen LogP contribution in [-0.2, 0) is 14.9 Å². The van der Waals surface area contributed by atoms with Crippen molar-refractivity contribution in [3.8, 4) is 0 Å². The molecule has 0 saturated carbocycles. The molecule has 98 valence electrons. The molecule has 1 aromatic rings. The van der Waals surface area contributed by atoms with Gasteiger partial charge in [-0.3, -0.25) is 4.84 Å². The highest BCUT2D eigenvalue weighted by Gasteiger charge is 2.29. The maximum absolute atomic E-state index is 12.1. The Morgan fingerprint density at radius 2 is 2.17 bits per heavy atom. The maximum Gasteiger partial charge on any atom is 0.337 e. The minimum Gasteiger partial charge on any atom is -0.478 e. The van der Waals surface area contributed by atoms with E-state index in [1.807, 2.05) is 0 Å². The van der Waals surface area contributed by atoms with Crippen molar-refractivity contribution in [1.82, 2.24) is 4.47 Å². The lowest BCUT2D eigenvalue weighted by Crippen LogP contribution is -2.26. The summed E-state index contributed by atoms with van der Waals surface area (Å²) >= 11 is 5.73. The first kappa shape index (κ1) is 13.3. The van der Waals surface area contributed by atoms with Crippen molar-refractivity contribution in [2.24, 2.45) is 0 Å². The molecule has 1 aliphatic heterocycles.